The van der Waals surface area contributed by atoms with Crippen molar-refractivity contribution >= 4 is 5.78 Å². The van der Waals surface area contributed by atoms with Gasteiger partial charge in [0, 0.05) is 12.0 Å². The molecule has 13 heavy (non-hydrogen) atoms. The van der Waals surface area contributed by atoms with Gasteiger partial charge in [0.15, 0.2) is 0 Å². The molecule has 0 unspecified atom stereocenters. The van der Waals surface area contributed by atoms with Crippen LogP contribution in [-0.4, -0.2) is 17.5 Å². The maximum Gasteiger partial charge on any atom is 0.235 e. The van der Waals surface area contributed by atoms with Crippen LogP contribution in [0, 0.1) is 11.8 Å². The third kappa shape index (κ3) is 3.10. The highest BCUT2D eigenvalue weighted by Crippen LogP contribution is 1.98. The molecule has 0 spiro atoms. The zero-order valence-electron chi connectivity index (χ0n) is 7.16. The number of Topliss-reactive ketones (excluding diaryl/α,β-unsaturated/α-hetero) is 1. The van der Waals surface area contributed by atoms with Crippen molar-refractivity contribution in [2.45, 2.75) is 6.42 Å². The average molecular weight is 174 g/mol. The van der Waals surface area contributed by atoms with Gasteiger partial charge in [-0.05, 0) is 5.92 Å². The van der Waals surface area contributed by atoms with E-state index in [9.17, 15) is 4.79 Å². The highest BCUT2D eigenvalue weighted by atomic mass is 16.2. The molecule has 66 valence electrons. The van der Waals surface area contributed by atoms with Gasteiger partial charge in [0.05, 0.1) is 6.61 Å². The third-order valence-electron chi connectivity index (χ3n) is 1.47. The molecule has 0 amide bonds. The van der Waals surface area contributed by atoms with E-state index in [4.69, 9.17) is 5.11 Å². The molecule has 0 aliphatic heterocycles. The molecule has 2 nitrogen and oxygen atoms in total. The molecule has 0 atom stereocenters. The van der Waals surface area contributed by atoms with Gasteiger partial charge in [0.2, 0.25) is 5.78 Å². The molecule has 1 N–H and O–H groups in total. The maximum atomic E-state index is 11.3. The van der Waals surface area contributed by atoms with Gasteiger partial charge >= 0.3 is 0 Å². The predicted molar refractivity (Wildman–Crippen MR) is 50.3 cm³/mol. The van der Waals surface area contributed by atoms with Crippen LogP contribution in [0.25, 0.3) is 0 Å². The van der Waals surface area contributed by atoms with Gasteiger partial charge in [-0.2, -0.15) is 0 Å². The van der Waals surface area contributed by atoms with Crippen molar-refractivity contribution in [2.75, 3.05) is 6.61 Å². The van der Waals surface area contributed by atoms with Crippen molar-refractivity contribution in [3.63, 3.8) is 0 Å². The lowest BCUT2D eigenvalue weighted by atomic mass is 10.1. The summed E-state index contributed by atoms with van der Waals surface area (Å²) in [5, 5.41) is 8.44. The minimum atomic E-state index is -0.200. The van der Waals surface area contributed by atoms with Crippen molar-refractivity contribution in [1.82, 2.24) is 0 Å². The SMILES string of the molecule is O=C(C#CCCO)c1ccccc1. The van der Waals surface area contributed by atoms with Gasteiger partial charge in [0.25, 0.3) is 0 Å². The van der Waals surface area contributed by atoms with Crippen LogP contribution in [0.15, 0.2) is 30.3 Å². The van der Waals surface area contributed by atoms with Crippen molar-refractivity contribution in [2.24, 2.45) is 0 Å². The molecule has 0 fully saturated rings. The molecule has 1 rings (SSSR count). The van der Waals surface area contributed by atoms with Crippen LogP contribution in [0.4, 0.5) is 0 Å². The Labute approximate surface area is 77.2 Å². The number of hydrogen-bond acceptors (Lipinski definition) is 2. The van der Waals surface area contributed by atoms with Crippen molar-refractivity contribution in [3.8, 4) is 11.8 Å². The summed E-state index contributed by atoms with van der Waals surface area (Å²) >= 11 is 0. The Morgan fingerprint density at radius 3 is 2.62 bits per heavy atom. The van der Waals surface area contributed by atoms with E-state index in [1.54, 1.807) is 24.3 Å². The fourth-order valence-electron chi connectivity index (χ4n) is 0.860. The lowest BCUT2D eigenvalue weighted by Crippen LogP contribution is -1.93. The number of aliphatic hydroxyl groups excluding tert-OH is 1. The summed E-state index contributed by atoms with van der Waals surface area (Å²) in [6, 6.07) is 8.87. The molecule has 0 aliphatic rings. The Bertz CT molecular complexity index is 330. The van der Waals surface area contributed by atoms with E-state index in [0.29, 0.717) is 12.0 Å². The highest BCUT2D eigenvalue weighted by Gasteiger charge is 1.98. The zero-order valence-corrected chi connectivity index (χ0v) is 7.16. The summed E-state index contributed by atoms with van der Waals surface area (Å²) in [5.41, 5.74) is 0.591. The van der Waals surface area contributed by atoms with E-state index in [0.717, 1.165) is 0 Å². The standard InChI is InChI=1S/C11H10O2/c12-9-5-4-8-11(13)10-6-2-1-3-7-10/h1-3,6-7,12H,5,9H2. The number of benzene rings is 1. The second-order valence-corrected chi connectivity index (χ2v) is 2.47. The van der Waals surface area contributed by atoms with Crippen LogP contribution in [0.2, 0.25) is 0 Å². The highest BCUT2D eigenvalue weighted by molar-refractivity contribution is 6.08. The van der Waals surface area contributed by atoms with Crippen LogP contribution >= 0.6 is 0 Å². The molecule has 0 bridgehead atoms. The number of rotatable bonds is 2. The molecule has 0 saturated carbocycles. The van der Waals surface area contributed by atoms with Gasteiger partial charge < -0.3 is 5.11 Å². The molecular formula is C11H10O2. The minimum absolute atomic E-state index is 0.00489. The largest absolute Gasteiger partial charge is 0.395 e. The molecule has 0 radical (unpaired) electrons. The summed E-state index contributed by atoms with van der Waals surface area (Å²) in [7, 11) is 0. The molecule has 0 aromatic heterocycles. The molecule has 1 aromatic rings. The number of carbonyl (C=O) groups is 1. The number of ketones is 1. The molecule has 0 heterocycles. The first-order valence-electron chi connectivity index (χ1n) is 4.03. The average Bonchev–Trinajstić information content (AvgIpc) is 2.19. The first-order valence-corrected chi connectivity index (χ1v) is 4.03. The fourth-order valence-corrected chi connectivity index (χ4v) is 0.860. The second-order valence-electron chi connectivity index (χ2n) is 2.47. The molecular weight excluding hydrogens is 164 g/mol. The normalized spacial score (nSPS) is 8.69. The minimum Gasteiger partial charge on any atom is -0.395 e. The van der Waals surface area contributed by atoms with Crippen molar-refractivity contribution in [1.29, 1.82) is 0 Å². The van der Waals surface area contributed by atoms with Gasteiger partial charge in [-0.3, -0.25) is 4.79 Å². The van der Waals surface area contributed by atoms with E-state index >= 15 is 0 Å². The second kappa shape index (κ2) is 5.13. The van der Waals surface area contributed by atoms with Crippen LogP contribution in [0.5, 0.6) is 0 Å². The Kier molecular flexibility index (Phi) is 3.74. The predicted octanol–water partition coefficient (Wildman–Crippen LogP) is 1.26. The van der Waals surface area contributed by atoms with E-state index < -0.39 is 0 Å². The smallest absolute Gasteiger partial charge is 0.235 e. The summed E-state index contributed by atoms with van der Waals surface area (Å²) in [4.78, 5) is 11.3. The van der Waals surface area contributed by atoms with Crippen LogP contribution in [-0.2, 0) is 0 Å². The van der Waals surface area contributed by atoms with Gasteiger partial charge in [0.1, 0.15) is 0 Å². The molecule has 0 aliphatic carbocycles. The van der Waals surface area contributed by atoms with Crippen molar-refractivity contribution < 1.29 is 9.90 Å². The van der Waals surface area contributed by atoms with E-state index in [1.165, 1.54) is 0 Å². The molecule has 2 heteroatoms. The third-order valence-corrected chi connectivity index (χ3v) is 1.47. The zero-order chi connectivity index (χ0) is 9.52. The van der Waals surface area contributed by atoms with Gasteiger partial charge in [-0.1, -0.05) is 36.3 Å². The van der Waals surface area contributed by atoms with Gasteiger partial charge in [-0.15, -0.1) is 0 Å². The number of hydrogen-bond donors (Lipinski definition) is 1. The lowest BCUT2D eigenvalue weighted by Gasteiger charge is -1.90. The fraction of sp³-hybridized carbons (Fsp3) is 0.182. The maximum absolute atomic E-state index is 11.3. The molecule has 1 aromatic carbocycles. The van der Waals surface area contributed by atoms with E-state index in [2.05, 4.69) is 11.8 Å². The van der Waals surface area contributed by atoms with Crippen LogP contribution in [0.3, 0.4) is 0 Å². The summed E-state index contributed by atoms with van der Waals surface area (Å²) < 4.78 is 0. The molecule has 0 saturated heterocycles. The van der Waals surface area contributed by atoms with Crippen molar-refractivity contribution in [3.05, 3.63) is 35.9 Å². The monoisotopic (exact) mass is 174 g/mol. The quantitative estimate of drug-likeness (QED) is 0.416. The van der Waals surface area contributed by atoms with E-state index in [-0.39, 0.29) is 12.4 Å². The Hall–Kier alpha value is -1.59. The Morgan fingerprint density at radius 2 is 2.00 bits per heavy atom. The van der Waals surface area contributed by atoms with Crippen LogP contribution < -0.4 is 0 Å². The van der Waals surface area contributed by atoms with Gasteiger partial charge in [-0.25, -0.2) is 0 Å². The summed E-state index contributed by atoms with van der Waals surface area (Å²) in [6.45, 7) is -0.00489. The summed E-state index contributed by atoms with van der Waals surface area (Å²) in [6.07, 6.45) is 0.346. The Balaban J connectivity index is 2.66. The van der Waals surface area contributed by atoms with E-state index in [1.807, 2.05) is 6.07 Å². The topological polar surface area (TPSA) is 37.3 Å². The Morgan fingerprint density at radius 1 is 1.31 bits per heavy atom. The number of carbonyl (C=O) groups excluding carboxylic acids is 1. The number of aliphatic hydroxyl groups is 1. The first kappa shape index (κ1) is 9.50. The summed E-state index contributed by atoms with van der Waals surface area (Å²) in [5.74, 6) is 4.83. The first-order chi connectivity index (χ1) is 6.34. The van der Waals surface area contributed by atoms with Crippen LogP contribution in [0.1, 0.15) is 16.8 Å². The lowest BCUT2D eigenvalue weighted by molar-refractivity contribution is 0.105.